The lowest BCUT2D eigenvalue weighted by atomic mass is 9.69. The molecule has 1 saturated carbocycles. The first-order chi connectivity index (χ1) is 7.27. The van der Waals surface area contributed by atoms with E-state index in [0.717, 1.165) is 19.4 Å². The number of esters is 1. The van der Waals surface area contributed by atoms with Gasteiger partial charge in [0.25, 0.3) is 0 Å². The molecule has 1 aliphatic carbocycles. The highest BCUT2D eigenvalue weighted by Gasteiger charge is 2.48. The first-order valence-corrected chi connectivity index (χ1v) is 6.04. The van der Waals surface area contributed by atoms with E-state index < -0.39 is 0 Å². The number of carbonyl (C=O) groups excluding carboxylic acids is 1. The molecule has 0 radical (unpaired) electrons. The van der Waals surface area contributed by atoms with Crippen molar-refractivity contribution in [2.75, 3.05) is 13.2 Å². The number of hydrogen-bond donors (Lipinski definition) is 0. The number of epoxide rings is 1. The third-order valence-corrected chi connectivity index (χ3v) is 3.67. The Morgan fingerprint density at radius 2 is 2.07 bits per heavy atom. The maximum absolute atomic E-state index is 11.6. The second-order valence-corrected chi connectivity index (χ2v) is 4.73. The predicted molar refractivity (Wildman–Crippen MR) is 56.5 cm³/mol. The van der Waals surface area contributed by atoms with E-state index in [0.29, 0.717) is 19.1 Å². The Bertz CT molecular complexity index is 227. The Morgan fingerprint density at radius 1 is 1.40 bits per heavy atom. The quantitative estimate of drug-likeness (QED) is 0.530. The fraction of sp³-hybridized carbons (Fsp3) is 0.917. The van der Waals surface area contributed by atoms with Gasteiger partial charge in [-0.3, -0.25) is 4.79 Å². The molecule has 0 N–H and O–H groups in total. The zero-order valence-corrected chi connectivity index (χ0v) is 9.46. The molecular formula is C12H20O3. The Hall–Kier alpha value is -0.570. The summed E-state index contributed by atoms with van der Waals surface area (Å²) < 4.78 is 10.5. The average molecular weight is 212 g/mol. The highest BCUT2D eigenvalue weighted by Crippen LogP contribution is 2.47. The summed E-state index contributed by atoms with van der Waals surface area (Å²) in [6, 6.07) is 0. The molecule has 0 bridgehead atoms. The van der Waals surface area contributed by atoms with Crippen molar-refractivity contribution in [3.8, 4) is 0 Å². The molecule has 2 rings (SSSR count). The zero-order chi connectivity index (χ0) is 10.7. The van der Waals surface area contributed by atoms with Gasteiger partial charge in [-0.15, -0.1) is 0 Å². The molecule has 86 valence electrons. The minimum absolute atomic E-state index is 0.0464. The Labute approximate surface area is 91.1 Å². The van der Waals surface area contributed by atoms with Gasteiger partial charge in [-0.2, -0.15) is 0 Å². The van der Waals surface area contributed by atoms with Crippen LogP contribution in [0.15, 0.2) is 0 Å². The molecule has 0 aromatic heterocycles. The molecule has 0 amide bonds. The maximum atomic E-state index is 11.6. The van der Waals surface area contributed by atoms with E-state index in [4.69, 9.17) is 9.47 Å². The molecule has 1 saturated heterocycles. The molecule has 2 aliphatic rings. The molecule has 1 aliphatic heterocycles. The van der Waals surface area contributed by atoms with Crippen LogP contribution in [0.5, 0.6) is 0 Å². The van der Waals surface area contributed by atoms with Crippen molar-refractivity contribution >= 4 is 5.97 Å². The second-order valence-electron chi connectivity index (χ2n) is 4.73. The fourth-order valence-electron chi connectivity index (χ4n) is 2.77. The van der Waals surface area contributed by atoms with Gasteiger partial charge >= 0.3 is 5.97 Å². The van der Waals surface area contributed by atoms with Crippen molar-refractivity contribution in [1.82, 2.24) is 0 Å². The topological polar surface area (TPSA) is 38.8 Å². The van der Waals surface area contributed by atoms with E-state index in [-0.39, 0.29) is 11.4 Å². The van der Waals surface area contributed by atoms with Gasteiger partial charge in [-0.05, 0) is 19.8 Å². The Kier molecular flexibility index (Phi) is 3.29. The predicted octanol–water partition coefficient (Wildman–Crippen LogP) is 2.29. The lowest BCUT2D eigenvalue weighted by Crippen LogP contribution is -2.33. The van der Waals surface area contributed by atoms with Gasteiger partial charge in [0.15, 0.2) is 0 Å². The van der Waals surface area contributed by atoms with Crippen LogP contribution in [0.1, 0.15) is 45.4 Å². The van der Waals surface area contributed by atoms with E-state index in [2.05, 4.69) is 0 Å². The summed E-state index contributed by atoms with van der Waals surface area (Å²) >= 11 is 0. The van der Waals surface area contributed by atoms with Crippen LogP contribution in [0.2, 0.25) is 0 Å². The van der Waals surface area contributed by atoms with Crippen LogP contribution in [-0.4, -0.2) is 25.3 Å². The standard InChI is InChI=1S/C12H20O3/c1-2-14-11(13)8-12(10-9-15-10)6-4-3-5-7-12/h10H,2-9H2,1H3. The van der Waals surface area contributed by atoms with Crippen molar-refractivity contribution in [1.29, 1.82) is 0 Å². The summed E-state index contributed by atoms with van der Waals surface area (Å²) in [7, 11) is 0. The molecule has 1 unspecified atom stereocenters. The van der Waals surface area contributed by atoms with Crippen LogP contribution in [0.4, 0.5) is 0 Å². The lowest BCUT2D eigenvalue weighted by Gasteiger charge is -2.35. The minimum Gasteiger partial charge on any atom is -0.466 e. The van der Waals surface area contributed by atoms with E-state index in [1.165, 1.54) is 19.3 Å². The first-order valence-electron chi connectivity index (χ1n) is 6.04. The number of hydrogen-bond acceptors (Lipinski definition) is 3. The molecular weight excluding hydrogens is 192 g/mol. The highest BCUT2D eigenvalue weighted by molar-refractivity contribution is 5.70. The number of ether oxygens (including phenoxy) is 2. The third-order valence-electron chi connectivity index (χ3n) is 3.67. The van der Waals surface area contributed by atoms with E-state index in [1.807, 2.05) is 6.92 Å². The van der Waals surface area contributed by atoms with Gasteiger partial charge in [-0.25, -0.2) is 0 Å². The largest absolute Gasteiger partial charge is 0.466 e. The molecule has 3 heteroatoms. The van der Waals surface area contributed by atoms with Crippen LogP contribution in [0.3, 0.4) is 0 Å². The van der Waals surface area contributed by atoms with Gasteiger partial charge in [0.1, 0.15) is 0 Å². The summed E-state index contributed by atoms with van der Waals surface area (Å²) in [4.78, 5) is 11.6. The van der Waals surface area contributed by atoms with Crippen LogP contribution >= 0.6 is 0 Å². The molecule has 1 heterocycles. The highest BCUT2D eigenvalue weighted by atomic mass is 16.6. The summed E-state index contributed by atoms with van der Waals surface area (Å²) in [5.74, 6) is -0.0464. The first kappa shape index (κ1) is 10.9. The van der Waals surface area contributed by atoms with Crippen molar-refractivity contribution in [3.63, 3.8) is 0 Å². The second kappa shape index (κ2) is 4.52. The van der Waals surface area contributed by atoms with Gasteiger partial charge in [0, 0.05) is 5.41 Å². The van der Waals surface area contributed by atoms with Crippen LogP contribution in [0.25, 0.3) is 0 Å². The fourth-order valence-corrected chi connectivity index (χ4v) is 2.77. The molecule has 0 spiro atoms. The maximum Gasteiger partial charge on any atom is 0.306 e. The van der Waals surface area contributed by atoms with Crippen molar-refractivity contribution in [2.24, 2.45) is 5.41 Å². The summed E-state index contributed by atoms with van der Waals surface area (Å²) in [6.07, 6.45) is 6.94. The Balaban J connectivity index is 1.95. The molecule has 3 nitrogen and oxygen atoms in total. The average Bonchev–Trinajstić information content (AvgIpc) is 3.02. The van der Waals surface area contributed by atoms with Crippen molar-refractivity contribution in [3.05, 3.63) is 0 Å². The normalized spacial score (nSPS) is 28.5. The molecule has 0 aromatic carbocycles. The van der Waals surface area contributed by atoms with Crippen LogP contribution in [-0.2, 0) is 14.3 Å². The summed E-state index contributed by atoms with van der Waals surface area (Å²) in [6.45, 7) is 3.19. The minimum atomic E-state index is -0.0464. The molecule has 2 fully saturated rings. The van der Waals surface area contributed by atoms with Crippen LogP contribution < -0.4 is 0 Å². The van der Waals surface area contributed by atoms with E-state index in [1.54, 1.807) is 0 Å². The smallest absolute Gasteiger partial charge is 0.306 e. The van der Waals surface area contributed by atoms with Crippen molar-refractivity contribution in [2.45, 2.75) is 51.6 Å². The number of rotatable bonds is 4. The lowest BCUT2D eigenvalue weighted by molar-refractivity contribution is -0.147. The van der Waals surface area contributed by atoms with Gasteiger partial charge in [0.05, 0.1) is 25.7 Å². The summed E-state index contributed by atoms with van der Waals surface area (Å²) in [5, 5.41) is 0. The Morgan fingerprint density at radius 3 is 2.60 bits per heavy atom. The van der Waals surface area contributed by atoms with Crippen molar-refractivity contribution < 1.29 is 14.3 Å². The van der Waals surface area contributed by atoms with E-state index in [9.17, 15) is 4.79 Å². The van der Waals surface area contributed by atoms with Gasteiger partial charge in [0.2, 0.25) is 0 Å². The molecule has 15 heavy (non-hydrogen) atoms. The molecule has 1 atom stereocenters. The summed E-state index contributed by atoms with van der Waals surface area (Å²) in [5.41, 5.74) is 0.116. The van der Waals surface area contributed by atoms with E-state index >= 15 is 0 Å². The zero-order valence-electron chi connectivity index (χ0n) is 9.46. The monoisotopic (exact) mass is 212 g/mol. The molecule has 0 aromatic rings. The SMILES string of the molecule is CCOC(=O)CC1(C2CO2)CCCCC1. The van der Waals surface area contributed by atoms with Crippen LogP contribution in [0, 0.1) is 5.41 Å². The van der Waals surface area contributed by atoms with Gasteiger partial charge < -0.3 is 9.47 Å². The third kappa shape index (κ3) is 2.51. The van der Waals surface area contributed by atoms with Gasteiger partial charge in [-0.1, -0.05) is 19.3 Å². The number of carbonyl (C=O) groups is 1.